The van der Waals surface area contributed by atoms with Crippen LogP contribution in [0, 0.1) is 0 Å². The molecule has 0 saturated carbocycles. The number of carbonyl (C=O) groups excluding carboxylic acids is 1. The quantitative estimate of drug-likeness (QED) is 0.775. The number of amides is 1. The molecule has 3 nitrogen and oxygen atoms in total. The molecule has 14 heavy (non-hydrogen) atoms. The molecular formula is C9H16BrNO2S. The Bertz CT molecular complexity index is 186. The van der Waals surface area contributed by atoms with Gasteiger partial charge in [0, 0.05) is 13.7 Å². The van der Waals surface area contributed by atoms with Gasteiger partial charge >= 0.3 is 0 Å². The summed E-state index contributed by atoms with van der Waals surface area (Å²) in [5.74, 6) is 1.29. The van der Waals surface area contributed by atoms with E-state index in [2.05, 4.69) is 21.2 Å². The smallest absolute Gasteiger partial charge is 0.233 e. The van der Waals surface area contributed by atoms with Crippen molar-refractivity contribution in [3.63, 3.8) is 0 Å². The van der Waals surface area contributed by atoms with Crippen LogP contribution in [0.2, 0.25) is 0 Å². The van der Waals surface area contributed by atoms with Crippen molar-refractivity contribution in [3.8, 4) is 0 Å². The first kappa shape index (κ1) is 12.3. The molecular weight excluding hydrogens is 266 g/mol. The lowest BCUT2D eigenvalue weighted by atomic mass is 10.2. The molecule has 0 aromatic rings. The first-order chi connectivity index (χ1) is 6.74. The maximum atomic E-state index is 11.6. The van der Waals surface area contributed by atoms with Gasteiger partial charge < -0.3 is 10.1 Å². The summed E-state index contributed by atoms with van der Waals surface area (Å²) in [6.45, 7) is 1.27. The van der Waals surface area contributed by atoms with E-state index in [1.807, 2.05) is 0 Å². The van der Waals surface area contributed by atoms with E-state index in [4.69, 9.17) is 4.74 Å². The molecule has 2 atom stereocenters. The molecule has 0 radical (unpaired) electrons. The fraction of sp³-hybridized carbons (Fsp3) is 0.889. The number of alkyl halides is 1. The Kier molecular flexibility index (Phi) is 5.89. The van der Waals surface area contributed by atoms with Gasteiger partial charge in [-0.1, -0.05) is 15.9 Å². The number of ether oxygens (including phenoxy) is 1. The van der Waals surface area contributed by atoms with Gasteiger partial charge in [-0.15, -0.1) is 11.8 Å². The van der Waals surface area contributed by atoms with Crippen molar-refractivity contribution in [2.75, 3.05) is 26.0 Å². The van der Waals surface area contributed by atoms with Crippen LogP contribution in [0.5, 0.6) is 0 Å². The number of hydrogen-bond donors (Lipinski definition) is 1. The van der Waals surface area contributed by atoms with Gasteiger partial charge in [-0.2, -0.15) is 0 Å². The lowest BCUT2D eigenvalue weighted by Crippen LogP contribution is -2.36. The summed E-state index contributed by atoms with van der Waals surface area (Å²) in [5.41, 5.74) is 0. The molecule has 0 bridgehead atoms. The molecule has 1 heterocycles. The second-order valence-electron chi connectivity index (χ2n) is 3.30. The van der Waals surface area contributed by atoms with Crippen LogP contribution >= 0.6 is 27.7 Å². The van der Waals surface area contributed by atoms with Crippen molar-refractivity contribution in [2.24, 2.45) is 0 Å². The summed E-state index contributed by atoms with van der Waals surface area (Å²) >= 11 is 5.19. The van der Waals surface area contributed by atoms with Gasteiger partial charge in [0.1, 0.15) is 0 Å². The predicted octanol–water partition coefficient (Wildman–Crippen LogP) is 1.41. The number of thioether (sulfide) groups is 1. The minimum absolute atomic E-state index is 0.174. The van der Waals surface area contributed by atoms with Crippen LogP contribution in [0.4, 0.5) is 0 Å². The molecule has 1 saturated heterocycles. The van der Waals surface area contributed by atoms with E-state index in [1.165, 1.54) is 6.42 Å². The van der Waals surface area contributed by atoms with Crippen molar-refractivity contribution in [1.29, 1.82) is 0 Å². The fourth-order valence-corrected chi connectivity index (χ4v) is 2.96. The predicted molar refractivity (Wildman–Crippen MR) is 63.1 cm³/mol. The normalized spacial score (nSPS) is 23.4. The fourth-order valence-electron chi connectivity index (χ4n) is 1.35. The Hall–Kier alpha value is 0.260. The van der Waals surface area contributed by atoms with Crippen LogP contribution in [0.25, 0.3) is 0 Å². The molecule has 1 rings (SSSR count). The number of nitrogens with one attached hydrogen (secondary N) is 1. The number of carbonyl (C=O) groups is 1. The summed E-state index contributed by atoms with van der Waals surface area (Å²) in [5, 5.41) is 3.10. The van der Waals surface area contributed by atoms with Gasteiger partial charge in [0.15, 0.2) is 0 Å². The van der Waals surface area contributed by atoms with Crippen molar-refractivity contribution < 1.29 is 9.53 Å². The van der Waals surface area contributed by atoms with Crippen LogP contribution in [-0.4, -0.2) is 42.0 Å². The van der Waals surface area contributed by atoms with Crippen molar-refractivity contribution in [2.45, 2.75) is 22.9 Å². The highest BCUT2D eigenvalue weighted by Gasteiger charge is 2.23. The van der Waals surface area contributed by atoms with Crippen molar-refractivity contribution in [1.82, 2.24) is 5.32 Å². The number of methoxy groups -OCH3 is 1. The van der Waals surface area contributed by atoms with Crippen LogP contribution in [0.15, 0.2) is 0 Å². The van der Waals surface area contributed by atoms with Gasteiger partial charge in [-0.25, -0.2) is 0 Å². The van der Waals surface area contributed by atoms with Crippen LogP contribution < -0.4 is 5.32 Å². The van der Waals surface area contributed by atoms with E-state index in [9.17, 15) is 4.79 Å². The minimum Gasteiger partial charge on any atom is -0.383 e. The average Bonchev–Trinajstić information content (AvgIpc) is 2.67. The Morgan fingerprint density at radius 3 is 3.14 bits per heavy atom. The summed E-state index contributed by atoms with van der Waals surface area (Å²) in [6.07, 6.45) is 2.19. The molecule has 0 aromatic heterocycles. The summed E-state index contributed by atoms with van der Waals surface area (Å²) in [7, 11) is 1.66. The molecule has 0 aliphatic carbocycles. The lowest BCUT2D eigenvalue weighted by molar-refractivity contribution is -0.120. The number of hydrogen-bond acceptors (Lipinski definition) is 3. The Labute approximate surface area is 97.5 Å². The molecule has 1 N–H and O–H groups in total. The third-order valence-electron chi connectivity index (χ3n) is 2.07. The van der Waals surface area contributed by atoms with Crippen molar-refractivity contribution >= 4 is 33.6 Å². The molecule has 1 aliphatic rings. The van der Waals surface area contributed by atoms with Gasteiger partial charge in [0.05, 0.1) is 16.7 Å². The molecule has 1 amide bonds. The maximum Gasteiger partial charge on any atom is 0.233 e. The largest absolute Gasteiger partial charge is 0.383 e. The summed E-state index contributed by atoms with van der Waals surface area (Å²) in [4.78, 5) is 11.8. The molecule has 0 spiro atoms. The van der Waals surface area contributed by atoms with E-state index in [0.717, 1.165) is 12.2 Å². The highest BCUT2D eigenvalue weighted by atomic mass is 79.9. The Morgan fingerprint density at radius 2 is 2.57 bits per heavy atom. The maximum absolute atomic E-state index is 11.6. The highest BCUT2D eigenvalue weighted by molar-refractivity contribution is 9.09. The monoisotopic (exact) mass is 281 g/mol. The second kappa shape index (κ2) is 6.69. The molecule has 1 fully saturated rings. The zero-order valence-electron chi connectivity index (χ0n) is 8.29. The third-order valence-corrected chi connectivity index (χ3v) is 4.03. The zero-order valence-corrected chi connectivity index (χ0v) is 10.7. The van der Waals surface area contributed by atoms with Crippen LogP contribution in [0.1, 0.15) is 12.8 Å². The van der Waals surface area contributed by atoms with Crippen molar-refractivity contribution in [3.05, 3.63) is 0 Å². The SMILES string of the molecule is COCC(Br)CNC(=O)C1CCCS1. The standard InChI is InChI=1S/C9H16BrNO2S/c1-13-6-7(10)5-11-9(12)8-3-2-4-14-8/h7-8H,2-6H2,1H3,(H,11,12). The molecule has 5 heteroatoms. The van der Waals surface area contributed by atoms with E-state index < -0.39 is 0 Å². The number of rotatable bonds is 5. The molecule has 82 valence electrons. The summed E-state index contributed by atoms with van der Waals surface area (Å²) in [6, 6.07) is 0. The first-order valence-electron chi connectivity index (χ1n) is 4.76. The van der Waals surface area contributed by atoms with E-state index in [-0.39, 0.29) is 16.0 Å². The molecule has 0 aromatic carbocycles. The summed E-state index contributed by atoms with van der Waals surface area (Å²) < 4.78 is 4.96. The molecule has 1 aliphatic heterocycles. The third kappa shape index (κ3) is 4.19. The van der Waals surface area contributed by atoms with E-state index >= 15 is 0 Å². The highest BCUT2D eigenvalue weighted by Crippen LogP contribution is 2.25. The Balaban J connectivity index is 2.13. The first-order valence-corrected chi connectivity index (χ1v) is 6.73. The minimum atomic E-state index is 0.174. The zero-order chi connectivity index (χ0) is 10.4. The topological polar surface area (TPSA) is 38.3 Å². The molecule has 2 unspecified atom stereocenters. The van der Waals surface area contributed by atoms with Gasteiger partial charge in [-0.05, 0) is 18.6 Å². The lowest BCUT2D eigenvalue weighted by Gasteiger charge is -2.12. The average molecular weight is 282 g/mol. The second-order valence-corrected chi connectivity index (χ2v) is 5.91. The van der Waals surface area contributed by atoms with Gasteiger partial charge in [-0.3, -0.25) is 4.79 Å². The number of halogens is 1. The van der Waals surface area contributed by atoms with E-state index in [1.54, 1.807) is 18.9 Å². The van der Waals surface area contributed by atoms with E-state index in [0.29, 0.717) is 13.2 Å². The van der Waals surface area contributed by atoms with Crippen LogP contribution in [0.3, 0.4) is 0 Å². The van der Waals surface area contributed by atoms with Gasteiger partial charge in [0.25, 0.3) is 0 Å². The van der Waals surface area contributed by atoms with Crippen LogP contribution in [-0.2, 0) is 9.53 Å². The Morgan fingerprint density at radius 1 is 1.79 bits per heavy atom. The van der Waals surface area contributed by atoms with Gasteiger partial charge in [0.2, 0.25) is 5.91 Å².